The number of hydrogen-bond donors (Lipinski definition) is 0. The standard InChI is InChI=1S/C18H18N4O4S.Na/c1-11-4-5-12(2)16(10-11)19-20-17-13(3)21-22(18(17)23)14-6-8-15(9-7-14)27(24,25)26;/h4-10,17H,1-3H3,(H,24,25,26);/q;+1/p-1/t17-;/m0./s1. The number of anilines is 1. The summed E-state index contributed by atoms with van der Waals surface area (Å²) in [5, 5.41) is 13.7. The molecular weight excluding hydrogens is 391 g/mol. The molecule has 0 saturated carbocycles. The van der Waals surface area contributed by atoms with Crippen molar-refractivity contribution in [3.05, 3.63) is 53.6 Å². The molecule has 0 radical (unpaired) electrons. The van der Waals surface area contributed by atoms with Crippen LogP contribution in [-0.4, -0.2) is 30.6 Å². The van der Waals surface area contributed by atoms with Gasteiger partial charge in [0, 0.05) is 0 Å². The molecule has 1 heterocycles. The predicted molar refractivity (Wildman–Crippen MR) is 99.2 cm³/mol. The van der Waals surface area contributed by atoms with Gasteiger partial charge in [0.2, 0.25) is 0 Å². The fourth-order valence-electron chi connectivity index (χ4n) is 2.58. The van der Waals surface area contributed by atoms with Crippen LogP contribution in [0.5, 0.6) is 0 Å². The van der Waals surface area contributed by atoms with Crippen molar-refractivity contribution in [3.8, 4) is 0 Å². The minimum atomic E-state index is -4.55. The molecule has 1 aliphatic heterocycles. The minimum Gasteiger partial charge on any atom is -0.744 e. The van der Waals surface area contributed by atoms with Crippen molar-refractivity contribution in [3.63, 3.8) is 0 Å². The average molecular weight is 408 g/mol. The Balaban J connectivity index is 0.00000280. The third-order valence-corrected chi connectivity index (χ3v) is 4.96. The largest absolute Gasteiger partial charge is 1.00 e. The molecule has 1 aliphatic rings. The van der Waals surface area contributed by atoms with Crippen LogP contribution in [0.4, 0.5) is 11.4 Å². The van der Waals surface area contributed by atoms with Crippen molar-refractivity contribution >= 4 is 33.1 Å². The molecule has 0 spiro atoms. The molecule has 1 amide bonds. The van der Waals surface area contributed by atoms with Gasteiger partial charge in [-0.1, -0.05) is 12.1 Å². The minimum absolute atomic E-state index is 0. The van der Waals surface area contributed by atoms with Crippen molar-refractivity contribution < 1.29 is 47.3 Å². The van der Waals surface area contributed by atoms with Crippen LogP contribution >= 0.6 is 0 Å². The molecule has 0 bridgehead atoms. The summed E-state index contributed by atoms with van der Waals surface area (Å²) in [6.45, 7) is 5.52. The second-order valence-electron chi connectivity index (χ2n) is 6.25. The summed E-state index contributed by atoms with van der Waals surface area (Å²) in [5.74, 6) is -0.403. The SMILES string of the molecule is CC1=NN(c2ccc(S(=O)(=O)[O-])cc2)C(=O)[C@H]1N=Nc1cc(C)ccc1C.[Na+]. The molecule has 2 aromatic rings. The number of amides is 1. The summed E-state index contributed by atoms with van der Waals surface area (Å²) in [6, 6.07) is 9.90. The molecule has 10 heteroatoms. The smallest absolute Gasteiger partial charge is 0.744 e. The van der Waals surface area contributed by atoms with Crippen LogP contribution < -0.4 is 34.6 Å². The summed E-state index contributed by atoms with van der Waals surface area (Å²) in [6.07, 6.45) is 0. The van der Waals surface area contributed by atoms with E-state index in [1.54, 1.807) is 6.92 Å². The first-order valence-corrected chi connectivity index (χ1v) is 9.51. The molecule has 8 nitrogen and oxygen atoms in total. The number of rotatable bonds is 4. The van der Waals surface area contributed by atoms with Crippen LogP contribution in [0, 0.1) is 13.8 Å². The molecule has 28 heavy (non-hydrogen) atoms. The summed E-state index contributed by atoms with van der Waals surface area (Å²) < 4.78 is 33.0. The fraction of sp³-hybridized carbons (Fsp3) is 0.222. The molecule has 3 rings (SSSR count). The van der Waals surface area contributed by atoms with Crippen LogP contribution in [0.1, 0.15) is 18.1 Å². The molecule has 2 aromatic carbocycles. The van der Waals surface area contributed by atoms with Gasteiger partial charge >= 0.3 is 29.6 Å². The number of azo groups is 1. The van der Waals surface area contributed by atoms with E-state index in [2.05, 4.69) is 15.3 Å². The van der Waals surface area contributed by atoms with Crippen molar-refractivity contribution in [2.24, 2.45) is 15.3 Å². The first kappa shape index (κ1) is 22.4. The van der Waals surface area contributed by atoms with E-state index >= 15 is 0 Å². The van der Waals surface area contributed by atoms with Crippen molar-refractivity contribution in [2.45, 2.75) is 31.7 Å². The Labute approximate surface area is 185 Å². The fourth-order valence-corrected chi connectivity index (χ4v) is 3.04. The van der Waals surface area contributed by atoms with Gasteiger partial charge < -0.3 is 4.55 Å². The Hall–Kier alpha value is -1.91. The number of carbonyl (C=O) groups excluding carboxylic acids is 1. The Morgan fingerprint density at radius 2 is 1.71 bits per heavy atom. The Morgan fingerprint density at radius 1 is 1.07 bits per heavy atom. The third kappa shape index (κ3) is 4.73. The second kappa shape index (κ2) is 8.62. The van der Waals surface area contributed by atoms with Crippen molar-refractivity contribution in [1.82, 2.24) is 0 Å². The summed E-state index contributed by atoms with van der Waals surface area (Å²) in [7, 11) is -4.55. The average Bonchev–Trinajstić information content (AvgIpc) is 2.89. The number of hydrogen-bond acceptors (Lipinski definition) is 7. The van der Waals surface area contributed by atoms with Crippen LogP contribution in [0.15, 0.2) is 62.7 Å². The molecular formula is C18H17N4NaO4S. The van der Waals surface area contributed by atoms with Crippen molar-refractivity contribution in [2.75, 3.05) is 5.01 Å². The van der Waals surface area contributed by atoms with Crippen LogP contribution in [0.3, 0.4) is 0 Å². The van der Waals surface area contributed by atoms with E-state index in [0.717, 1.165) is 28.3 Å². The topological polar surface area (TPSA) is 115 Å². The molecule has 0 fully saturated rings. The van der Waals surface area contributed by atoms with E-state index in [4.69, 9.17) is 0 Å². The van der Waals surface area contributed by atoms with Crippen LogP contribution in [0.25, 0.3) is 0 Å². The molecule has 0 saturated heterocycles. The Kier molecular flexibility index (Phi) is 6.89. The normalized spacial score (nSPS) is 17.0. The van der Waals surface area contributed by atoms with Gasteiger partial charge in [0.1, 0.15) is 10.1 Å². The number of hydrazone groups is 1. The Bertz CT molecular complexity index is 1070. The molecule has 140 valence electrons. The van der Waals surface area contributed by atoms with E-state index < -0.39 is 22.1 Å². The summed E-state index contributed by atoms with van der Waals surface area (Å²) >= 11 is 0. The maximum absolute atomic E-state index is 12.6. The van der Waals surface area contributed by atoms with Crippen LogP contribution in [-0.2, 0) is 14.9 Å². The number of carbonyl (C=O) groups is 1. The van der Waals surface area contributed by atoms with Gasteiger partial charge in [-0.3, -0.25) is 4.79 Å². The van der Waals surface area contributed by atoms with E-state index in [-0.39, 0.29) is 34.5 Å². The Morgan fingerprint density at radius 3 is 2.32 bits per heavy atom. The van der Waals surface area contributed by atoms with E-state index in [0.29, 0.717) is 17.1 Å². The van der Waals surface area contributed by atoms with E-state index in [9.17, 15) is 17.8 Å². The molecule has 1 atom stereocenters. The maximum atomic E-state index is 12.6. The number of nitrogens with zero attached hydrogens (tertiary/aromatic N) is 4. The zero-order valence-corrected chi connectivity index (χ0v) is 18.8. The molecule has 0 aromatic heterocycles. The zero-order chi connectivity index (χ0) is 19.8. The third-order valence-electron chi connectivity index (χ3n) is 4.11. The molecule has 0 aliphatic carbocycles. The van der Waals surface area contributed by atoms with Gasteiger partial charge in [-0.15, -0.1) is 0 Å². The predicted octanol–water partition coefficient (Wildman–Crippen LogP) is 0.0865. The molecule has 0 unspecified atom stereocenters. The second-order valence-corrected chi connectivity index (χ2v) is 7.63. The first-order valence-electron chi connectivity index (χ1n) is 8.10. The van der Waals surface area contributed by atoms with Gasteiger partial charge in [0.05, 0.1) is 22.0 Å². The quantitative estimate of drug-likeness (QED) is 0.405. The van der Waals surface area contributed by atoms with Crippen LogP contribution in [0.2, 0.25) is 0 Å². The molecule has 0 N–H and O–H groups in total. The van der Waals surface area contributed by atoms with Crippen molar-refractivity contribution in [1.29, 1.82) is 0 Å². The van der Waals surface area contributed by atoms with E-state index in [1.807, 2.05) is 32.0 Å². The number of aryl methyl sites for hydroxylation is 2. The number of benzene rings is 2. The van der Waals surface area contributed by atoms with Gasteiger partial charge in [-0.2, -0.15) is 20.3 Å². The monoisotopic (exact) mass is 408 g/mol. The first-order chi connectivity index (χ1) is 12.7. The summed E-state index contributed by atoms with van der Waals surface area (Å²) in [5.41, 5.74) is 3.47. The summed E-state index contributed by atoms with van der Waals surface area (Å²) in [4.78, 5) is 12.3. The maximum Gasteiger partial charge on any atom is 1.00 e. The zero-order valence-electron chi connectivity index (χ0n) is 15.9. The van der Waals surface area contributed by atoms with Gasteiger partial charge in [0.25, 0.3) is 5.91 Å². The van der Waals surface area contributed by atoms with Gasteiger partial charge in [-0.05, 0) is 62.2 Å². The van der Waals surface area contributed by atoms with Gasteiger partial charge in [-0.25, -0.2) is 8.42 Å². The van der Waals surface area contributed by atoms with E-state index in [1.165, 1.54) is 12.1 Å². The van der Waals surface area contributed by atoms with Gasteiger partial charge in [0.15, 0.2) is 6.04 Å².